The number of hydrogen-bond donors (Lipinski definition) is 3. The molecule has 2 amide bonds. The highest BCUT2D eigenvalue weighted by Crippen LogP contribution is 2.30. The standard InChI is InChI=1S/C11H18N4O3S/c1-6-12-9(19-15-6)13-8(18)14-11(4,5)10(2,3)7(16)17/h1-5H3,(H,16,17)(H2,12,13,14,15,18). The number of nitrogens with one attached hydrogen (secondary N) is 2. The van der Waals surface area contributed by atoms with E-state index in [0.717, 1.165) is 11.5 Å². The molecule has 106 valence electrons. The molecule has 0 saturated heterocycles. The quantitative estimate of drug-likeness (QED) is 0.783. The number of carbonyl (C=O) groups excluding carboxylic acids is 1. The Morgan fingerprint density at radius 3 is 2.26 bits per heavy atom. The number of nitrogens with zero attached hydrogens (tertiary/aromatic N) is 2. The van der Waals surface area contributed by atoms with Crippen molar-refractivity contribution in [3.8, 4) is 0 Å². The molecule has 1 aromatic rings. The Morgan fingerprint density at radius 2 is 1.84 bits per heavy atom. The molecule has 0 atom stereocenters. The number of aliphatic carboxylic acids is 1. The Balaban J connectivity index is 2.73. The maximum absolute atomic E-state index is 11.8. The summed E-state index contributed by atoms with van der Waals surface area (Å²) in [4.78, 5) is 27.0. The summed E-state index contributed by atoms with van der Waals surface area (Å²) in [5.41, 5.74) is -2.04. The van der Waals surface area contributed by atoms with E-state index in [1.807, 2.05) is 0 Å². The van der Waals surface area contributed by atoms with Crippen molar-refractivity contribution in [1.82, 2.24) is 14.7 Å². The van der Waals surface area contributed by atoms with Gasteiger partial charge in [0.05, 0.1) is 11.0 Å². The lowest BCUT2D eigenvalue weighted by atomic mass is 9.74. The number of amides is 2. The predicted molar refractivity (Wildman–Crippen MR) is 72.3 cm³/mol. The molecule has 1 heterocycles. The fourth-order valence-electron chi connectivity index (χ4n) is 1.18. The summed E-state index contributed by atoms with van der Waals surface area (Å²) in [5, 5.41) is 14.7. The van der Waals surface area contributed by atoms with Gasteiger partial charge in [-0.2, -0.15) is 4.37 Å². The van der Waals surface area contributed by atoms with Crippen molar-refractivity contribution in [3.05, 3.63) is 5.82 Å². The summed E-state index contributed by atoms with van der Waals surface area (Å²) in [6, 6.07) is -0.504. The van der Waals surface area contributed by atoms with E-state index < -0.39 is 23.0 Å². The van der Waals surface area contributed by atoms with Crippen molar-refractivity contribution in [2.45, 2.75) is 40.2 Å². The van der Waals surface area contributed by atoms with E-state index in [-0.39, 0.29) is 0 Å². The van der Waals surface area contributed by atoms with Crippen molar-refractivity contribution < 1.29 is 14.7 Å². The molecule has 0 saturated carbocycles. The molecule has 0 aliphatic rings. The largest absolute Gasteiger partial charge is 0.481 e. The second kappa shape index (κ2) is 5.12. The van der Waals surface area contributed by atoms with E-state index in [4.69, 9.17) is 0 Å². The maximum atomic E-state index is 11.8. The van der Waals surface area contributed by atoms with Gasteiger partial charge in [-0.05, 0) is 34.6 Å². The molecule has 8 heteroatoms. The lowest BCUT2D eigenvalue weighted by Crippen LogP contribution is -2.57. The highest BCUT2D eigenvalue weighted by atomic mass is 32.1. The highest BCUT2D eigenvalue weighted by molar-refractivity contribution is 7.09. The SMILES string of the molecule is Cc1nsc(NC(=O)NC(C)(C)C(C)(C)C(=O)O)n1. The molecule has 3 N–H and O–H groups in total. The van der Waals surface area contributed by atoms with Gasteiger partial charge >= 0.3 is 12.0 Å². The van der Waals surface area contributed by atoms with E-state index >= 15 is 0 Å². The fraction of sp³-hybridized carbons (Fsp3) is 0.636. The molecule has 0 aromatic carbocycles. The van der Waals surface area contributed by atoms with Crippen LogP contribution in [0, 0.1) is 12.3 Å². The minimum Gasteiger partial charge on any atom is -0.481 e. The fourth-order valence-corrected chi connectivity index (χ4v) is 1.75. The van der Waals surface area contributed by atoms with Gasteiger partial charge in [0.1, 0.15) is 5.82 Å². The Kier molecular flexibility index (Phi) is 4.14. The number of carboxylic acid groups (broad SMARTS) is 1. The van der Waals surface area contributed by atoms with Crippen LogP contribution >= 0.6 is 11.5 Å². The number of hydrogen-bond acceptors (Lipinski definition) is 5. The molecule has 0 bridgehead atoms. The van der Waals surface area contributed by atoms with Crippen LogP contribution in [-0.4, -0.2) is 32.0 Å². The highest BCUT2D eigenvalue weighted by Gasteiger charge is 2.44. The Labute approximate surface area is 115 Å². The first-order valence-electron chi connectivity index (χ1n) is 5.69. The van der Waals surface area contributed by atoms with Crippen molar-refractivity contribution in [1.29, 1.82) is 0 Å². The molecule has 0 spiro atoms. The summed E-state index contributed by atoms with van der Waals surface area (Å²) in [6.45, 7) is 8.16. The van der Waals surface area contributed by atoms with E-state index in [2.05, 4.69) is 20.0 Å². The molecule has 7 nitrogen and oxygen atoms in total. The summed E-state index contributed by atoms with van der Waals surface area (Å²) in [6.07, 6.45) is 0. The van der Waals surface area contributed by atoms with Gasteiger partial charge in [-0.15, -0.1) is 0 Å². The van der Waals surface area contributed by atoms with E-state index in [1.165, 1.54) is 0 Å². The summed E-state index contributed by atoms with van der Waals surface area (Å²) >= 11 is 1.07. The molecule has 1 rings (SSSR count). The first-order chi connectivity index (χ1) is 8.56. The third kappa shape index (κ3) is 3.40. The monoisotopic (exact) mass is 286 g/mol. The second-order valence-corrected chi connectivity index (χ2v) is 6.03. The van der Waals surface area contributed by atoms with Crippen LogP contribution in [0.25, 0.3) is 0 Å². The van der Waals surface area contributed by atoms with Gasteiger partial charge < -0.3 is 10.4 Å². The molecule has 1 aromatic heterocycles. The maximum Gasteiger partial charge on any atom is 0.321 e. The van der Waals surface area contributed by atoms with Gasteiger partial charge in [-0.3, -0.25) is 10.1 Å². The van der Waals surface area contributed by atoms with Gasteiger partial charge in [0.15, 0.2) is 0 Å². The third-order valence-electron chi connectivity index (χ3n) is 3.27. The zero-order valence-electron chi connectivity index (χ0n) is 11.6. The van der Waals surface area contributed by atoms with Crippen molar-refractivity contribution >= 4 is 28.7 Å². The van der Waals surface area contributed by atoms with Gasteiger partial charge in [0.2, 0.25) is 5.13 Å². The smallest absolute Gasteiger partial charge is 0.321 e. The first-order valence-corrected chi connectivity index (χ1v) is 6.46. The topological polar surface area (TPSA) is 104 Å². The van der Waals surface area contributed by atoms with Gasteiger partial charge in [0.25, 0.3) is 0 Å². The summed E-state index contributed by atoms with van der Waals surface area (Å²) in [5.74, 6) is -0.407. The Bertz CT molecular complexity index is 496. The van der Waals surface area contributed by atoms with E-state index in [1.54, 1.807) is 34.6 Å². The van der Waals surface area contributed by atoms with Crippen molar-refractivity contribution in [2.24, 2.45) is 5.41 Å². The molecule has 0 aliphatic carbocycles. The third-order valence-corrected chi connectivity index (χ3v) is 3.99. The van der Waals surface area contributed by atoms with Crippen molar-refractivity contribution in [3.63, 3.8) is 0 Å². The number of rotatable bonds is 4. The van der Waals surface area contributed by atoms with Crippen LogP contribution in [0.3, 0.4) is 0 Å². The number of carboxylic acids is 1. The average molecular weight is 286 g/mol. The lowest BCUT2D eigenvalue weighted by Gasteiger charge is -2.38. The van der Waals surface area contributed by atoms with Crippen LogP contribution in [0.2, 0.25) is 0 Å². The lowest BCUT2D eigenvalue weighted by molar-refractivity contribution is -0.150. The molecule has 0 fully saturated rings. The van der Waals surface area contributed by atoms with E-state index in [0.29, 0.717) is 11.0 Å². The summed E-state index contributed by atoms with van der Waals surface area (Å²) in [7, 11) is 0. The van der Waals surface area contributed by atoms with Crippen LogP contribution in [-0.2, 0) is 4.79 Å². The number of urea groups is 1. The normalized spacial score (nSPS) is 12.1. The Morgan fingerprint density at radius 1 is 1.26 bits per heavy atom. The molecule has 0 radical (unpaired) electrons. The zero-order valence-corrected chi connectivity index (χ0v) is 12.4. The first kappa shape index (κ1) is 15.4. The minimum absolute atomic E-state index is 0.374. The van der Waals surface area contributed by atoms with Crippen molar-refractivity contribution in [2.75, 3.05) is 5.32 Å². The van der Waals surface area contributed by atoms with Crippen LogP contribution in [0.4, 0.5) is 9.93 Å². The second-order valence-electron chi connectivity index (χ2n) is 5.28. The van der Waals surface area contributed by atoms with Crippen LogP contribution in [0.5, 0.6) is 0 Å². The number of aromatic nitrogens is 2. The molecule has 19 heavy (non-hydrogen) atoms. The number of carbonyl (C=O) groups is 2. The van der Waals surface area contributed by atoms with E-state index in [9.17, 15) is 14.7 Å². The number of anilines is 1. The van der Waals surface area contributed by atoms with Gasteiger partial charge in [-0.25, -0.2) is 9.78 Å². The zero-order chi connectivity index (χ0) is 14.8. The van der Waals surface area contributed by atoms with Crippen LogP contribution in [0.1, 0.15) is 33.5 Å². The average Bonchev–Trinajstić information content (AvgIpc) is 2.62. The molecular formula is C11H18N4O3S. The summed E-state index contributed by atoms with van der Waals surface area (Å²) < 4.78 is 3.94. The van der Waals surface area contributed by atoms with Crippen LogP contribution in [0.15, 0.2) is 0 Å². The van der Waals surface area contributed by atoms with Gasteiger partial charge in [0, 0.05) is 11.5 Å². The minimum atomic E-state index is -1.11. The predicted octanol–water partition coefficient (Wildman–Crippen LogP) is 1.86. The Hall–Kier alpha value is -1.70. The number of aryl methyl sites for hydroxylation is 1. The molecule has 0 unspecified atom stereocenters. The molecule has 0 aliphatic heterocycles. The van der Waals surface area contributed by atoms with Crippen LogP contribution < -0.4 is 10.6 Å². The molecular weight excluding hydrogens is 268 g/mol. The van der Waals surface area contributed by atoms with Gasteiger partial charge in [-0.1, -0.05) is 0 Å².